The summed E-state index contributed by atoms with van der Waals surface area (Å²) in [6, 6.07) is 9.95. The lowest BCUT2D eigenvalue weighted by Crippen LogP contribution is -2.38. The van der Waals surface area contributed by atoms with Crippen molar-refractivity contribution in [2.24, 2.45) is 5.41 Å². The average Bonchev–Trinajstić information content (AvgIpc) is 3.19. The number of hydrogen-bond acceptors (Lipinski definition) is 11. The van der Waals surface area contributed by atoms with E-state index in [9.17, 15) is 24.0 Å². The van der Waals surface area contributed by atoms with Gasteiger partial charge in [-0.05, 0) is 43.0 Å². The predicted molar refractivity (Wildman–Crippen MR) is 148 cm³/mol. The highest BCUT2D eigenvalue weighted by Gasteiger charge is 2.89. The number of carbonyl (C=O) groups excluding carboxylic acids is 1. The minimum Gasteiger partial charge on any atom is -0.465 e. The van der Waals surface area contributed by atoms with E-state index in [1.54, 1.807) is 30.3 Å². The summed E-state index contributed by atoms with van der Waals surface area (Å²) in [4.78, 5) is 16.6. The Morgan fingerprint density at radius 2 is 2.00 bits per heavy atom. The van der Waals surface area contributed by atoms with E-state index in [4.69, 9.17) is 24.3 Å². The van der Waals surface area contributed by atoms with Crippen molar-refractivity contribution < 1.29 is 42.5 Å². The number of aromatic nitrogens is 3. The van der Waals surface area contributed by atoms with Gasteiger partial charge in [0.05, 0.1) is 12.3 Å². The van der Waals surface area contributed by atoms with Gasteiger partial charge in [0.25, 0.3) is 0 Å². The standard InChI is InChI=1S/C27H35FN5O8P/c1-16(23(35)38-13-12-25(2,3)4)32-42(37,40-17-8-6-5-7-9-17)41-24-26(14-28)27(24,36)21(34)20(39-26)18-10-11-19-22(29)30-15-31-33(18)19/h5-11,15-16,20-21,24,34,36H,12-14H2,1-4H3,(H,32,37)(H2,29,30,31)/t16-,20-,21-,24?,26+,27+,42+/m0/s1. The van der Waals surface area contributed by atoms with E-state index in [-0.39, 0.29) is 29.3 Å². The molecule has 2 fully saturated rings. The van der Waals surface area contributed by atoms with Crippen LogP contribution in [0.25, 0.3) is 5.52 Å². The van der Waals surface area contributed by atoms with Gasteiger partial charge in [0.1, 0.15) is 48.6 Å². The van der Waals surface area contributed by atoms with Crippen LogP contribution in [-0.2, 0) is 23.4 Å². The molecule has 42 heavy (non-hydrogen) atoms. The molecule has 5 rings (SSSR count). The normalized spacial score (nSPS) is 29.1. The summed E-state index contributed by atoms with van der Waals surface area (Å²) in [7, 11) is -4.52. The van der Waals surface area contributed by atoms with Gasteiger partial charge >= 0.3 is 13.7 Å². The summed E-state index contributed by atoms with van der Waals surface area (Å²) >= 11 is 0. The Hall–Kier alpha value is -3.13. The first-order valence-electron chi connectivity index (χ1n) is 13.4. The zero-order chi connectivity index (χ0) is 30.5. The number of nitrogens with two attached hydrogens (primary N) is 1. The van der Waals surface area contributed by atoms with Crippen LogP contribution in [0.1, 0.15) is 45.9 Å². The van der Waals surface area contributed by atoms with Crippen LogP contribution in [0.15, 0.2) is 48.8 Å². The topological polar surface area (TPSA) is 180 Å². The van der Waals surface area contributed by atoms with E-state index in [1.165, 1.54) is 29.9 Å². The number of benzene rings is 1. The van der Waals surface area contributed by atoms with E-state index < -0.39 is 55.9 Å². The number of nitrogens with zero attached hydrogens (tertiary/aromatic N) is 3. The minimum absolute atomic E-state index is 0.0724. The van der Waals surface area contributed by atoms with Crippen LogP contribution in [0.4, 0.5) is 10.2 Å². The maximum atomic E-state index is 14.7. The summed E-state index contributed by atoms with van der Waals surface area (Å²) in [5, 5.41) is 29.3. The Morgan fingerprint density at radius 3 is 2.64 bits per heavy atom. The van der Waals surface area contributed by atoms with Crippen molar-refractivity contribution >= 4 is 25.1 Å². The molecule has 3 aromatic rings. The maximum Gasteiger partial charge on any atom is 0.459 e. The zero-order valence-electron chi connectivity index (χ0n) is 23.6. The molecule has 228 valence electrons. The number of anilines is 1. The molecule has 0 radical (unpaired) electrons. The van der Waals surface area contributed by atoms with Crippen molar-refractivity contribution in [3.63, 3.8) is 0 Å². The number of halogens is 1. The molecule has 0 spiro atoms. The number of alkyl halides is 1. The molecule has 1 aliphatic heterocycles. The highest BCUT2D eigenvalue weighted by molar-refractivity contribution is 7.52. The van der Waals surface area contributed by atoms with Gasteiger partial charge < -0.3 is 29.9 Å². The van der Waals surface area contributed by atoms with Gasteiger partial charge in [0, 0.05) is 0 Å². The molecule has 1 aliphatic carbocycles. The molecule has 15 heteroatoms. The fourth-order valence-electron chi connectivity index (χ4n) is 5.06. The van der Waals surface area contributed by atoms with E-state index in [0.29, 0.717) is 11.9 Å². The number of ether oxygens (including phenoxy) is 2. The molecule has 1 aromatic carbocycles. The number of aliphatic hydroxyl groups is 2. The van der Waals surface area contributed by atoms with Crippen molar-refractivity contribution in [2.45, 2.75) is 69.7 Å². The smallest absolute Gasteiger partial charge is 0.459 e. The van der Waals surface area contributed by atoms with Crippen LogP contribution in [-0.4, -0.2) is 73.5 Å². The van der Waals surface area contributed by atoms with Crippen molar-refractivity contribution in [1.82, 2.24) is 19.7 Å². The molecular weight excluding hydrogens is 572 g/mol. The number of nitrogens with one attached hydrogen (secondary N) is 1. The van der Waals surface area contributed by atoms with Crippen LogP contribution in [0.3, 0.4) is 0 Å². The third kappa shape index (κ3) is 5.27. The Kier molecular flexibility index (Phi) is 7.84. The maximum absolute atomic E-state index is 14.7. The number of para-hydroxylation sites is 1. The highest BCUT2D eigenvalue weighted by atomic mass is 31.2. The van der Waals surface area contributed by atoms with E-state index in [0.717, 1.165) is 0 Å². The lowest BCUT2D eigenvalue weighted by molar-refractivity contribution is -0.146. The second kappa shape index (κ2) is 10.9. The molecule has 0 bridgehead atoms. The summed E-state index contributed by atoms with van der Waals surface area (Å²) in [5.41, 5.74) is 2.12. The first kappa shape index (κ1) is 30.3. The van der Waals surface area contributed by atoms with Crippen LogP contribution in [0.5, 0.6) is 5.75 Å². The molecule has 1 unspecified atom stereocenters. The first-order chi connectivity index (χ1) is 19.7. The van der Waals surface area contributed by atoms with Gasteiger partial charge in [-0.1, -0.05) is 39.0 Å². The van der Waals surface area contributed by atoms with Crippen molar-refractivity contribution in [3.05, 3.63) is 54.5 Å². The quantitative estimate of drug-likeness (QED) is 0.185. The molecule has 13 nitrogen and oxygen atoms in total. The van der Waals surface area contributed by atoms with Crippen LogP contribution in [0, 0.1) is 5.41 Å². The summed E-state index contributed by atoms with van der Waals surface area (Å²) in [5.74, 6) is -0.428. The van der Waals surface area contributed by atoms with E-state index in [2.05, 4.69) is 15.2 Å². The number of hydrogen-bond donors (Lipinski definition) is 4. The second-order valence-corrected chi connectivity index (χ2v) is 13.4. The fourth-order valence-corrected chi connectivity index (χ4v) is 6.80. The van der Waals surface area contributed by atoms with E-state index in [1.807, 2.05) is 20.8 Å². The summed E-state index contributed by atoms with van der Waals surface area (Å²) in [6.07, 6.45) is -2.78. The lowest BCUT2D eigenvalue weighted by atomic mass is 9.93. The fraction of sp³-hybridized carbons (Fsp3) is 0.519. The second-order valence-electron chi connectivity index (χ2n) is 11.7. The van der Waals surface area contributed by atoms with Gasteiger partial charge in [-0.3, -0.25) is 9.32 Å². The molecule has 2 aliphatic rings. The number of nitrogen functional groups attached to an aromatic ring is 1. The summed E-state index contributed by atoms with van der Waals surface area (Å²) in [6.45, 7) is 6.25. The molecule has 2 aromatic heterocycles. The first-order valence-corrected chi connectivity index (χ1v) is 15.0. The third-order valence-corrected chi connectivity index (χ3v) is 9.15. The van der Waals surface area contributed by atoms with Gasteiger partial charge in [-0.15, -0.1) is 0 Å². The van der Waals surface area contributed by atoms with Gasteiger partial charge in [-0.2, -0.15) is 10.2 Å². The number of fused-ring (bicyclic) bond motifs is 2. The Bertz CT molecular complexity index is 1500. The Morgan fingerprint density at radius 1 is 1.29 bits per heavy atom. The number of carbonyl (C=O) groups is 1. The van der Waals surface area contributed by atoms with Gasteiger partial charge in [0.15, 0.2) is 17.0 Å². The van der Waals surface area contributed by atoms with Crippen LogP contribution < -0.4 is 15.3 Å². The van der Waals surface area contributed by atoms with Crippen molar-refractivity contribution in [1.29, 1.82) is 0 Å². The number of esters is 1. The monoisotopic (exact) mass is 607 g/mol. The molecule has 5 N–H and O–H groups in total. The SMILES string of the molecule is C[C@H](N[P@@](=O)(Oc1ccccc1)OC1[C@@]2(CF)O[C@@H](c3ccc4c(N)ncnn34)[C@H](O)[C@@]12O)C(=O)OCCC(C)(C)C. The van der Waals surface area contributed by atoms with Crippen molar-refractivity contribution in [3.8, 4) is 5.75 Å². The number of rotatable bonds is 11. The average molecular weight is 608 g/mol. The molecule has 3 heterocycles. The van der Waals surface area contributed by atoms with E-state index >= 15 is 0 Å². The van der Waals surface area contributed by atoms with Crippen LogP contribution >= 0.6 is 7.75 Å². The Labute approximate surface area is 241 Å². The predicted octanol–water partition coefficient (Wildman–Crippen LogP) is 2.73. The van der Waals surface area contributed by atoms with Crippen molar-refractivity contribution in [2.75, 3.05) is 19.0 Å². The highest BCUT2D eigenvalue weighted by Crippen LogP contribution is 2.68. The molecule has 1 saturated carbocycles. The molecular formula is C27H35FN5O8P. The van der Waals surface area contributed by atoms with Gasteiger partial charge in [0.2, 0.25) is 0 Å². The zero-order valence-corrected chi connectivity index (χ0v) is 24.5. The Balaban J connectivity index is 1.37. The largest absolute Gasteiger partial charge is 0.465 e. The number of aliphatic hydroxyl groups excluding tert-OH is 1. The third-order valence-electron chi connectivity index (χ3n) is 7.51. The molecule has 7 atom stereocenters. The van der Waals surface area contributed by atoms with Gasteiger partial charge in [-0.25, -0.2) is 18.5 Å². The lowest BCUT2D eigenvalue weighted by Gasteiger charge is -2.27. The molecule has 1 saturated heterocycles. The summed E-state index contributed by atoms with van der Waals surface area (Å²) < 4.78 is 52.7. The minimum atomic E-state index is -4.52. The van der Waals surface area contributed by atoms with Crippen LogP contribution in [0.2, 0.25) is 0 Å². The molecule has 0 amide bonds.